The minimum Gasteiger partial charge on any atom is -0.497 e. The number of thiophene rings is 1. The number of rotatable bonds is 8. The van der Waals surface area contributed by atoms with Crippen LogP contribution >= 0.6 is 11.3 Å². The molecule has 0 bridgehead atoms. The maximum Gasteiger partial charge on any atom is 0.236 e. The third-order valence-corrected chi connectivity index (χ3v) is 6.29. The van der Waals surface area contributed by atoms with Crippen LogP contribution in [0, 0.1) is 6.92 Å². The van der Waals surface area contributed by atoms with Crippen LogP contribution in [0.5, 0.6) is 5.75 Å². The van der Waals surface area contributed by atoms with E-state index in [0.717, 1.165) is 29.3 Å². The Labute approximate surface area is 186 Å². The zero-order valence-corrected chi connectivity index (χ0v) is 18.6. The molecule has 4 rings (SSSR count). The zero-order chi connectivity index (χ0) is 21.6. The molecule has 0 spiro atoms. The van der Waals surface area contributed by atoms with Gasteiger partial charge in [-0.05, 0) is 36.1 Å². The van der Waals surface area contributed by atoms with E-state index in [-0.39, 0.29) is 18.4 Å². The van der Waals surface area contributed by atoms with E-state index < -0.39 is 0 Å². The first kappa shape index (κ1) is 21.5. The van der Waals surface area contributed by atoms with Gasteiger partial charge < -0.3 is 19.2 Å². The van der Waals surface area contributed by atoms with Crippen LogP contribution in [0.4, 0.5) is 0 Å². The van der Waals surface area contributed by atoms with Crippen molar-refractivity contribution in [3.8, 4) is 16.5 Å². The number of morpholine rings is 1. The van der Waals surface area contributed by atoms with Gasteiger partial charge in [0.05, 0.1) is 43.4 Å². The van der Waals surface area contributed by atoms with Gasteiger partial charge in [-0.15, -0.1) is 11.3 Å². The second-order valence-electron chi connectivity index (χ2n) is 7.42. The fourth-order valence-electron chi connectivity index (χ4n) is 3.70. The summed E-state index contributed by atoms with van der Waals surface area (Å²) in [7, 11) is 1.66. The Morgan fingerprint density at radius 2 is 2.03 bits per heavy atom. The molecule has 1 amide bonds. The van der Waals surface area contributed by atoms with Crippen LogP contribution in [0.3, 0.4) is 0 Å². The number of nitrogens with one attached hydrogen (secondary N) is 1. The first-order valence-electron chi connectivity index (χ1n) is 10.4. The second kappa shape index (κ2) is 10.1. The number of benzene rings is 1. The van der Waals surface area contributed by atoms with Gasteiger partial charge in [0.25, 0.3) is 0 Å². The van der Waals surface area contributed by atoms with Crippen LogP contribution in [-0.2, 0) is 16.0 Å². The van der Waals surface area contributed by atoms with Gasteiger partial charge in [-0.3, -0.25) is 9.69 Å². The summed E-state index contributed by atoms with van der Waals surface area (Å²) in [4.78, 5) is 20.6. The van der Waals surface area contributed by atoms with Crippen LogP contribution in [0.25, 0.3) is 10.8 Å². The third kappa shape index (κ3) is 5.33. The highest BCUT2D eigenvalue weighted by molar-refractivity contribution is 7.13. The quantitative estimate of drug-likeness (QED) is 0.577. The number of ether oxygens (including phenoxy) is 2. The van der Waals surface area contributed by atoms with Crippen molar-refractivity contribution < 1.29 is 18.7 Å². The largest absolute Gasteiger partial charge is 0.497 e. The number of hydrogen-bond donors (Lipinski definition) is 1. The Bertz CT molecular complexity index is 979. The van der Waals surface area contributed by atoms with Gasteiger partial charge in [0.15, 0.2) is 0 Å². The molecule has 0 radical (unpaired) electrons. The smallest absolute Gasteiger partial charge is 0.236 e. The second-order valence-corrected chi connectivity index (χ2v) is 8.37. The highest BCUT2D eigenvalue weighted by atomic mass is 32.1. The van der Waals surface area contributed by atoms with E-state index in [2.05, 4.69) is 27.3 Å². The molecule has 1 aliphatic rings. The summed E-state index contributed by atoms with van der Waals surface area (Å²) in [5.41, 5.74) is 1.81. The Hall–Kier alpha value is -2.68. The van der Waals surface area contributed by atoms with Crippen LogP contribution < -0.4 is 10.1 Å². The molecular formula is C23H27N3O4S. The van der Waals surface area contributed by atoms with Crippen molar-refractivity contribution in [1.82, 2.24) is 15.2 Å². The topological polar surface area (TPSA) is 76.8 Å². The normalized spacial score (nSPS) is 15.5. The summed E-state index contributed by atoms with van der Waals surface area (Å²) in [6.07, 6.45) is 0.194. The van der Waals surface area contributed by atoms with Crippen molar-refractivity contribution in [2.45, 2.75) is 19.4 Å². The van der Waals surface area contributed by atoms with Crippen molar-refractivity contribution in [2.24, 2.45) is 0 Å². The number of methoxy groups -OCH3 is 1. The average molecular weight is 442 g/mol. The lowest BCUT2D eigenvalue weighted by molar-refractivity contribution is -0.120. The van der Waals surface area contributed by atoms with Crippen molar-refractivity contribution in [1.29, 1.82) is 0 Å². The lowest BCUT2D eigenvalue weighted by Crippen LogP contribution is -2.44. The molecule has 1 fully saturated rings. The fourth-order valence-corrected chi connectivity index (χ4v) is 4.34. The van der Waals surface area contributed by atoms with E-state index in [0.29, 0.717) is 37.1 Å². The lowest BCUT2D eigenvalue weighted by Gasteiger charge is -2.35. The number of nitrogens with zero attached hydrogens (tertiary/aromatic N) is 2. The molecule has 8 heteroatoms. The standard InChI is InChI=1S/C23H27N3O4S/c1-16-19(25-23(30-16)21-4-3-13-31-21)14-22(27)24-15-20(26-9-11-29-12-10-26)17-5-7-18(28-2)8-6-17/h3-8,13,20H,9-12,14-15H2,1-2H3,(H,24,27). The van der Waals surface area contributed by atoms with Crippen LogP contribution in [0.2, 0.25) is 0 Å². The van der Waals surface area contributed by atoms with Crippen LogP contribution in [0.1, 0.15) is 23.1 Å². The first-order chi connectivity index (χ1) is 15.1. The molecule has 1 atom stereocenters. The van der Waals surface area contributed by atoms with Gasteiger partial charge >= 0.3 is 0 Å². The van der Waals surface area contributed by atoms with E-state index in [1.54, 1.807) is 18.4 Å². The Kier molecular flexibility index (Phi) is 7.01. The van der Waals surface area contributed by atoms with Gasteiger partial charge in [-0.1, -0.05) is 18.2 Å². The SMILES string of the molecule is COc1ccc(C(CNC(=O)Cc2nc(-c3cccs3)oc2C)N2CCOCC2)cc1. The fraction of sp³-hybridized carbons (Fsp3) is 0.391. The minimum absolute atomic E-state index is 0.0684. The number of aromatic nitrogens is 1. The molecule has 31 heavy (non-hydrogen) atoms. The number of oxazole rings is 1. The molecule has 3 heterocycles. The highest BCUT2D eigenvalue weighted by Crippen LogP contribution is 2.26. The molecule has 2 aromatic heterocycles. The minimum atomic E-state index is -0.0686. The molecule has 1 N–H and O–H groups in total. The third-order valence-electron chi connectivity index (χ3n) is 5.43. The van der Waals surface area contributed by atoms with Crippen molar-refractivity contribution in [3.63, 3.8) is 0 Å². The molecular weight excluding hydrogens is 414 g/mol. The van der Waals surface area contributed by atoms with Gasteiger partial charge in [0.1, 0.15) is 11.5 Å². The predicted molar refractivity (Wildman–Crippen MR) is 119 cm³/mol. The van der Waals surface area contributed by atoms with E-state index in [1.165, 1.54) is 0 Å². The number of carbonyl (C=O) groups excluding carboxylic acids is 1. The molecule has 164 valence electrons. The van der Waals surface area contributed by atoms with Gasteiger partial charge in [0, 0.05) is 19.6 Å². The zero-order valence-electron chi connectivity index (χ0n) is 17.8. The van der Waals surface area contributed by atoms with Crippen LogP contribution in [-0.4, -0.2) is 55.7 Å². The monoisotopic (exact) mass is 441 g/mol. The van der Waals surface area contributed by atoms with Crippen LogP contribution in [0.15, 0.2) is 46.2 Å². The highest BCUT2D eigenvalue weighted by Gasteiger charge is 2.24. The maximum atomic E-state index is 12.7. The number of carbonyl (C=O) groups is 1. The predicted octanol–water partition coefficient (Wildman–Crippen LogP) is 3.45. The van der Waals surface area contributed by atoms with E-state index in [9.17, 15) is 4.79 Å². The molecule has 7 nitrogen and oxygen atoms in total. The average Bonchev–Trinajstić information content (AvgIpc) is 3.45. The Morgan fingerprint density at radius 3 is 2.71 bits per heavy atom. The first-order valence-corrected chi connectivity index (χ1v) is 11.2. The molecule has 1 aromatic carbocycles. The van der Waals surface area contributed by atoms with E-state index in [4.69, 9.17) is 13.9 Å². The van der Waals surface area contributed by atoms with E-state index in [1.807, 2.05) is 36.6 Å². The molecule has 3 aromatic rings. The van der Waals surface area contributed by atoms with Gasteiger partial charge in [-0.2, -0.15) is 0 Å². The maximum absolute atomic E-state index is 12.7. The number of aryl methyl sites for hydroxylation is 1. The summed E-state index contributed by atoms with van der Waals surface area (Å²) in [5.74, 6) is 2.00. The van der Waals surface area contributed by atoms with Crippen molar-refractivity contribution >= 4 is 17.2 Å². The van der Waals surface area contributed by atoms with E-state index >= 15 is 0 Å². The summed E-state index contributed by atoms with van der Waals surface area (Å²) >= 11 is 1.57. The summed E-state index contributed by atoms with van der Waals surface area (Å²) in [5, 5.41) is 5.07. The summed E-state index contributed by atoms with van der Waals surface area (Å²) in [6.45, 7) is 5.42. The number of amides is 1. The molecule has 0 aliphatic carbocycles. The molecule has 1 unspecified atom stereocenters. The van der Waals surface area contributed by atoms with Gasteiger partial charge in [-0.25, -0.2) is 4.98 Å². The summed E-state index contributed by atoms with van der Waals surface area (Å²) in [6, 6.07) is 12.0. The van der Waals surface area contributed by atoms with Crippen molar-refractivity contribution in [2.75, 3.05) is 40.0 Å². The summed E-state index contributed by atoms with van der Waals surface area (Å²) < 4.78 is 16.5. The van der Waals surface area contributed by atoms with Crippen molar-refractivity contribution in [3.05, 3.63) is 58.8 Å². The molecule has 1 aliphatic heterocycles. The molecule has 0 saturated carbocycles. The molecule has 1 saturated heterocycles. The Morgan fingerprint density at radius 1 is 1.26 bits per heavy atom. The number of hydrogen-bond acceptors (Lipinski definition) is 7. The lowest BCUT2D eigenvalue weighted by atomic mass is 10.0. The van der Waals surface area contributed by atoms with Gasteiger partial charge in [0.2, 0.25) is 11.8 Å². The Balaban J connectivity index is 1.42.